The van der Waals surface area contributed by atoms with Gasteiger partial charge in [0.05, 0.1) is 12.0 Å². The molecule has 0 N–H and O–H groups in total. The van der Waals surface area contributed by atoms with Crippen LogP contribution in [0.2, 0.25) is 0 Å². The lowest BCUT2D eigenvalue weighted by molar-refractivity contribution is 0.334. The third-order valence-corrected chi connectivity index (χ3v) is 2.18. The van der Waals surface area contributed by atoms with Gasteiger partial charge in [0, 0.05) is 0 Å². The third-order valence-electron chi connectivity index (χ3n) is 1.53. The van der Waals surface area contributed by atoms with Crippen molar-refractivity contribution in [2.45, 2.75) is 19.2 Å². The molecule has 1 heterocycles. The second kappa shape index (κ2) is 4.82. The van der Waals surface area contributed by atoms with Crippen LogP contribution in [-0.4, -0.2) is 11.6 Å². The second-order valence-electron chi connectivity index (χ2n) is 2.57. The topological polar surface area (TPSA) is 22.1 Å². The molecule has 0 amide bonds. The van der Waals surface area contributed by atoms with Crippen LogP contribution in [0, 0.1) is 0 Å². The van der Waals surface area contributed by atoms with E-state index in [1.54, 1.807) is 0 Å². The molecule has 0 aliphatic heterocycles. The zero-order chi connectivity index (χ0) is 9.84. The highest BCUT2D eigenvalue weighted by Crippen LogP contribution is 2.28. The van der Waals surface area contributed by atoms with E-state index < -0.39 is 0 Å². The molecule has 0 spiro atoms. The van der Waals surface area contributed by atoms with Crippen molar-refractivity contribution >= 4 is 27.5 Å². The molecule has 0 bridgehead atoms. The Labute approximate surface area is 91.4 Å². The summed E-state index contributed by atoms with van der Waals surface area (Å²) in [5.74, 6) is 0.758. The monoisotopic (exact) mass is 263 g/mol. The second-order valence-corrected chi connectivity index (χ2v) is 4.03. The average molecular weight is 265 g/mol. The zero-order valence-electron chi connectivity index (χ0n) is 7.55. The minimum absolute atomic E-state index is 0.140. The summed E-state index contributed by atoms with van der Waals surface area (Å²) >= 11 is 9.24. The number of hydrogen-bond donors (Lipinski definition) is 0. The van der Waals surface area contributed by atoms with Crippen molar-refractivity contribution in [2.75, 3.05) is 6.61 Å². The Bertz CT molecular complexity index is 291. The molecule has 0 saturated heterocycles. The first-order valence-corrected chi connectivity index (χ1v) is 5.31. The minimum atomic E-state index is -0.140. The van der Waals surface area contributed by atoms with Crippen molar-refractivity contribution in [3.05, 3.63) is 22.4 Å². The molecule has 0 aliphatic rings. The molecule has 1 atom stereocenters. The standard InChI is InChI=1S/C9H11BrClNO/c1-3-13-7-4-5-8(10)12-9(7)6(2)11/h4-6H,3H2,1-2H3. The van der Waals surface area contributed by atoms with Gasteiger partial charge in [-0.2, -0.15) is 0 Å². The summed E-state index contributed by atoms with van der Waals surface area (Å²) in [6, 6.07) is 3.71. The first-order valence-electron chi connectivity index (χ1n) is 4.08. The summed E-state index contributed by atoms with van der Waals surface area (Å²) in [5, 5.41) is -0.140. The van der Waals surface area contributed by atoms with Crippen molar-refractivity contribution < 1.29 is 4.74 Å². The summed E-state index contributed by atoms with van der Waals surface area (Å²) in [5.41, 5.74) is 0.776. The fraction of sp³-hybridized carbons (Fsp3) is 0.444. The lowest BCUT2D eigenvalue weighted by atomic mass is 10.2. The number of hydrogen-bond acceptors (Lipinski definition) is 2. The first kappa shape index (κ1) is 10.8. The predicted molar refractivity (Wildman–Crippen MR) is 57.4 cm³/mol. The number of nitrogens with zero attached hydrogens (tertiary/aromatic N) is 1. The SMILES string of the molecule is CCOc1ccc(Br)nc1C(C)Cl. The van der Waals surface area contributed by atoms with Gasteiger partial charge in [-0.15, -0.1) is 11.6 Å². The summed E-state index contributed by atoms with van der Waals surface area (Å²) < 4.78 is 6.16. The van der Waals surface area contributed by atoms with Crippen molar-refractivity contribution in [2.24, 2.45) is 0 Å². The normalized spacial score (nSPS) is 12.6. The molecular weight excluding hydrogens is 253 g/mol. The van der Waals surface area contributed by atoms with E-state index in [1.165, 1.54) is 0 Å². The van der Waals surface area contributed by atoms with Crippen LogP contribution in [0.25, 0.3) is 0 Å². The largest absolute Gasteiger partial charge is 0.492 e. The summed E-state index contributed by atoms with van der Waals surface area (Å²) in [6.07, 6.45) is 0. The number of ether oxygens (including phenoxy) is 1. The van der Waals surface area contributed by atoms with Gasteiger partial charge in [-0.3, -0.25) is 0 Å². The quantitative estimate of drug-likeness (QED) is 0.615. The highest BCUT2D eigenvalue weighted by molar-refractivity contribution is 9.10. The van der Waals surface area contributed by atoms with Gasteiger partial charge >= 0.3 is 0 Å². The summed E-state index contributed by atoms with van der Waals surface area (Å²) in [4.78, 5) is 4.25. The fourth-order valence-corrected chi connectivity index (χ4v) is 1.48. The third kappa shape index (κ3) is 2.85. The van der Waals surface area contributed by atoms with Gasteiger partial charge in [0.1, 0.15) is 16.0 Å². The Balaban J connectivity index is 3.03. The van der Waals surface area contributed by atoms with E-state index in [0.717, 1.165) is 16.0 Å². The first-order chi connectivity index (χ1) is 6.15. The van der Waals surface area contributed by atoms with E-state index >= 15 is 0 Å². The fourth-order valence-electron chi connectivity index (χ4n) is 1.000. The molecular formula is C9H11BrClNO. The molecule has 0 radical (unpaired) electrons. The molecule has 1 rings (SSSR count). The molecule has 0 fully saturated rings. The summed E-state index contributed by atoms with van der Waals surface area (Å²) in [6.45, 7) is 4.43. The summed E-state index contributed by atoms with van der Waals surface area (Å²) in [7, 11) is 0. The predicted octanol–water partition coefficient (Wildman–Crippen LogP) is 3.54. The highest BCUT2D eigenvalue weighted by Gasteiger charge is 2.11. The molecule has 0 saturated carbocycles. The van der Waals surface area contributed by atoms with Crippen LogP contribution >= 0.6 is 27.5 Å². The van der Waals surface area contributed by atoms with Gasteiger partial charge in [0.2, 0.25) is 0 Å². The lowest BCUT2D eigenvalue weighted by Gasteiger charge is -2.10. The average Bonchev–Trinajstić information content (AvgIpc) is 2.08. The van der Waals surface area contributed by atoms with Gasteiger partial charge < -0.3 is 4.74 Å². The molecule has 72 valence electrons. The van der Waals surface area contributed by atoms with E-state index in [2.05, 4.69) is 20.9 Å². The Morgan fingerprint density at radius 1 is 1.62 bits per heavy atom. The number of alkyl halides is 1. The van der Waals surface area contributed by atoms with Crippen LogP contribution in [0.4, 0.5) is 0 Å². The Morgan fingerprint density at radius 3 is 2.85 bits per heavy atom. The van der Waals surface area contributed by atoms with Gasteiger partial charge in [0.15, 0.2) is 0 Å². The molecule has 2 nitrogen and oxygen atoms in total. The number of aromatic nitrogens is 1. The number of rotatable bonds is 3. The van der Waals surface area contributed by atoms with E-state index in [0.29, 0.717) is 6.61 Å². The number of pyridine rings is 1. The molecule has 4 heteroatoms. The smallest absolute Gasteiger partial charge is 0.142 e. The maximum absolute atomic E-state index is 5.95. The van der Waals surface area contributed by atoms with Crippen molar-refractivity contribution in [1.29, 1.82) is 0 Å². The number of halogens is 2. The molecule has 1 aromatic rings. The Kier molecular flexibility index (Phi) is 4.00. The van der Waals surface area contributed by atoms with Crippen LogP contribution in [0.1, 0.15) is 24.9 Å². The maximum Gasteiger partial charge on any atom is 0.142 e. The molecule has 1 unspecified atom stereocenters. The van der Waals surface area contributed by atoms with E-state index in [-0.39, 0.29) is 5.38 Å². The molecule has 1 aromatic heterocycles. The molecule has 0 aliphatic carbocycles. The zero-order valence-corrected chi connectivity index (χ0v) is 9.89. The van der Waals surface area contributed by atoms with Crippen LogP contribution < -0.4 is 4.74 Å². The highest BCUT2D eigenvalue weighted by atomic mass is 79.9. The van der Waals surface area contributed by atoms with Gasteiger partial charge in [-0.05, 0) is 41.9 Å². The van der Waals surface area contributed by atoms with E-state index in [9.17, 15) is 0 Å². The van der Waals surface area contributed by atoms with E-state index in [1.807, 2.05) is 26.0 Å². The van der Waals surface area contributed by atoms with Crippen LogP contribution in [0.5, 0.6) is 5.75 Å². The van der Waals surface area contributed by atoms with Gasteiger partial charge in [-0.25, -0.2) is 4.98 Å². The van der Waals surface area contributed by atoms with Crippen molar-refractivity contribution in [3.8, 4) is 5.75 Å². The molecule has 13 heavy (non-hydrogen) atoms. The van der Waals surface area contributed by atoms with Gasteiger partial charge in [0.25, 0.3) is 0 Å². The maximum atomic E-state index is 5.95. The van der Waals surface area contributed by atoms with Crippen molar-refractivity contribution in [3.63, 3.8) is 0 Å². The van der Waals surface area contributed by atoms with Crippen molar-refractivity contribution in [1.82, 2.24) is 4.98 Å². The van der Waals surface area contributed by atoms with Crippen LogP contribution in [-0.2, 0) is 0 Å². The van der Waals surface area contributed by atoms with Crippen LogP contribution in [0.3, 0.4) is 0 Å². The van der Waals surface area contributed by atoms with Gasteiger partial charge in [-0.1, -0.05) is 0 Å². The van der Waals surface area contributed by atoms with E-state index in [4.69, 9.17) is 16.3 Å². The Morgan fingerprint density at radius 2 is 2.31 bits per heavy atom. The lowest BCUT2D eigenvalue weighted by Crippen LogP contribution is -1.99. The molecule has 0 aromatic carbocycles. The minimum Gasteiger partial charge on any atom is -0.492 e. The van der Waals surface area contributed by atoms with Crippen LogP contribution in [0.15, 0.2) is 16.7 Å². The Hall–Kier alpha value is -0.280.